The molecule has 51 heavy (non-hydrogen) atoms. The Hall–Kier alpha value is -6.49. The number of hydrogen-bond acceptors (Lipinski definition) is 4. The van der Waals surface area contributed by atoms with Gasteiger partial charge in [0.2, 0.25) is 0 Å². The van der Waals surface area contributed by atoms with Gasteiger partial charge in [0, 0.05) is 21.9 Å². The smallest absolute Gasteiger partial charge is 0.136 e. The second-order valence-electron chi connectivity index (χ2n) is 13.2. The molecule has 0 bridgehead atoms. The van der Waals surface area contributed by atoms with Crippen LogP contribution in [0.5, 0.6) is 0 Å². The number of furan rings is 1. The van der Waals surface area contributed by atoms with E-state index in [9.17, 15) is 0 Å². The third-order valence-electron chi connectivity index (χ3n) is 10.1. The average molecular weight is 656 g/mol. The second-order valence-corrected chi connectivity index (χ2v) is 13.2. The molecule has 2 atom stereocenters. The first-order chi connectivity index (χ1) is 25.2. The van der Waals surface area contributed by atoms with Crippen molar-refractivity contribution < 1.29 is 4.42 Å². The van der Waals surface area contributed by atoms with Crippen LogP contribution >= 0.6 is 0 Å². The molecule has 0 aliphatic carbocycles. The summed E-state index contributed by atoms with van der Waals surface area (Å²) < 4.78 is 6.68. The topological polar surface area (TPSA) is 49.6 Å². The molecule has 9 aromatic rings. The van der Waals surface area contributed by atoms with E-state index in [0.717, 1.165) is 61.0 Å². The van der Waals surface area contributed by atoms with Crippen molar-refractivity contribution in [2.75, 3.05) is 0 Å². The summed E-state index contributed by atoms with van der Waals surface area (Å²) in [5.41, 5.74) is 9.63. The lowest BCUT2D eigenvalue weighted by Crippen LogP contribution is -2.45. The molecule has 1 aliphatic rings. The van der Waals surface area contributed by atoms with E-state index in [1.807, 2.05) is 6.07 Å². The molecule has 4 nitrogen and oxygen atoms in total. The number of nitrogens with one attached hydrogen (secondary N) is 2. The van der Waals surface area contributed by atoms with Gasteiger partial charge in [0.25, 0.3) is 0 Å². The van der Waals surface area contributed by atoms with Crippen molar-refractivity contribution in [3.63, 3.8) is 0 Å². The molecule has 8 aromatic carbocycles. The van der Waals surface area contributed by atoms with E-state index >= 15 is 0 Å². The molecule has 1 aliphatic heterocycles. The number of benzene rings is 8. The summed E-state index contributed by atoms with van der Waals surface area (Å²) in [6.07, 6.45) is -0.529. The molecule has 242 valence electrons. The predicted molar refractivity (Wildman–Crippen MR) is 211 cm³/mol. The lowest BCUT2D eigenvalue weighted by Gasteiger charge is -2.33. The number of hydrogen-bond donors (Lipinski definition) is 2. The molecule has 0 saturated carbocycles. The van der Waals surface area contributed by atoms with Crippen LogP contribution < -0.4 is 10.6 Å². The molecule has 2 heterocycles. The van der Waals surface area contributed by atoms with Crippen molar-refractivity contribution in [2.45, 2.75) is 12.3 Å². The van der Waals surface area contributed by atoms with Crippen LogP contribution in [-0.2, 0) is 0 Å². The summed E-state index contributed by atoms with van der Waals surface area (Å²) in [5.74, 6) is 0.841. The fraction of sp³-hybridized carbons (Fsp3) is 0.0426. The monoisotopic (exact) mass is 655 g/mol. The molecule has 4 heteroatoms. The Morgan fingerprint density at radius 3 is 1.94 bits per heavy atom. The van der Waals surface area contributed by atoms with E-state index < -0.39 is 0 Å². The van der Waals surface area contributed by atoms with Crippen molar-refractivity contribution in [2.24, 2.45) is 4.99 Å². The molecule has 0 saturated heterocycles. The third-order valence-corrected chi connectivity index (χ3v) is 10.1. The number of rotatable bonds is 5. The van der Waals surface area contributed by atoms with E-state index in [4.69, 9.17) is 9.41 Å². The Balaban J connectivity index is 1.13. The zero-order valence-electron chi connectivity index (χ0n) is 27.8. The van der Waals surface area contributed by atoms with E-state index in [2.05, 4.69) is 180 Å². The lowest BCUT2D eigenvalue weighted by molar-refractivity contribution is 0.411. The van der Waals surface area contributed by atoms with E-state index in [1.54, 1.807) is 0 Å². The molecule has 0 amide bonds. The van der Waals surface area contributed by atoms with Crippen LogP contribution in [0.2, 0.25) is 0 Å². The van der Waals surface area contributed by atoms with Gasteiger partial charge in [-0.05, 0) is 73.6 Å². The standard InChI is InChI=1S/C47H33N3O/c1-3-12-30(13-4-1)37-27-41(44-40-26-35-17-7-8-18-36(35)28-42(40)51-43(44)29-37)47-49-45(33-15-5-2-6-16-33)48-46(50-47)34-24-22-32(23-25-34)39-21-11-19-31-14-9-10-20-38(31)39/h1-29,45,47,49H,(H,48,50). The Kier molecular flexibility index (Phi) is 7.00. The molecule has 1 aromatic heterocycles. The third kappa shape index (κ3) is 5.25. The van der Waals surface area contributed by atoms with Gasteiger partial charge in [-0.15, -0.1) is 0 Å². The van der Waals surface area contributed by atoms with Gasteiger partial charge in [-0.25, -0.2) is 4.99 Å². The highest BCUT2D eigenvalue weighted by molar-refractivity contribution is 6.12. The minimum atomic E-state index is -0.265. The minimum absolute atomic E-state index is 0.264. The fourth-order valence-electron chi connectivity index (χ4n) is 7.60. The number of amidine groups is 1. The summed E-state index contributed by atoms with van der Waals surface area (Å²) in [6.45, 7) is 0. The van der Waals surface area contributed by atoms with Gasteiger partial charge in [-0.2, -0.15) is 0 Å². The van der Waals surface area contributed by atoms with Crippen LogP contribution in [0.15, 0.2) is 185 Å². The Bertz CT molecular complexity index is 2740. The van der Waals surface area contributed by atoms with Gasteiger partial charge in [0.1, 0.15) is 29.3 Å². The van der Waals surface area contributed by atoms with Crippen LogP contribution in [0.1, 0.15) is 29.0 Å². The van der Waals surface area contributed by atoms with Crippen molar-refractivity contribution in [3.05, 3.63) is 193 Å². The normalized spacial score (nSPS) is 16.0. The van der Waals surface area contributed by atoms with E-state index in [0.29, 0.717) is 0 Å². The number of fused-ring (bicyclic) bond motifs is 5. The summed E-state index contributed by atoms with van der Waals surface area (Å²) in [5, 5.41) is 14.7. The van der Waals surface area contributed by atoms with Crippen LogP contribution in [0, 0.1) is 0 Å². The maximum atomic E-state index is 6.68. The molecule has 2 N–H and O–H groups in total. The highest BCUT2D eigenvalue weighted by Crippen LogP contribution is 2.40. The van der Waals surface area contributed by atoms with Gasteiger partial charge in [-0.1, -0.05) is 152 Å². The fourth-order valence-corrected chi connectivity index (χ4v) is 7.60. The summed E-state index contributed by atoms with van der Waals surface area (Å²) in [6, 6.07) is 62.2. The van der Waals surface area contributed by atoms with E-state index in [-0.39, 0.29) is 12.3 Å². The van der Waals surface area contributed by atoms with Crippen LogP contribution in [0.4, 0.5) is 0 Å². The quantitative estimate of drug-likeness (QED) is 0.194. The molecular formula is C47H33N3O. The maximum Gasteiger partial charge on any atom is 0.136 e. The average Bonchev–Trinajstić information content (AvgIpc) is 3.57. The highest BCUT2D eigenvalue weighted by atomic mass is 16.3. The predicted octanol–water partition coefficient (Wildman–Crippen LogP) is 11.6. The molecule has 10 rings (SSSR count). The lowest BCUT2D eigenvalue weighted by atomic mass is 9.95. The van der Waals surface area contributed by atoms with Gasteiger partial charge in [-0.3, -0.25) is 5.32 Å². The summed E-state index contributed by atoms with van der Waals surface area (Å²) in [7, 11) is 0. The van der Waals surface area contributed by atoms with Gasteiger partial charge in [0.15, 0.2) is 0 Å². The zero-order valence-corrected chi connectivity index (χ0v) is 27.8. The zero-order chi connectivity index (χ0) is 33.7. The molecule has 2 unspecified atom stereocenters. The molecule has 0 fully saturated rings. The molecule has 0 radical (unpaired) electrons. The highest BCUT2D eigenvalue weighted by Gasteiger charge is 2.29. The van der Waals surface area contributed by atoms with Crippen molar-refractivity contribution in [1.82, 2.24) is 10.6 Å². The number of aliphatic imine (C=N–C) groups is 1. The SMILES string of the molecule is c1ccc(-c2cc(C3NC(c4ccc(-c5cccc6ccccc56)cc4)=NC(c4ccccc4)N3)c3c(c2)oc2cc4ccccc4cc23)cc1. The second kappa shape index (κ2) is 12.1. The van der Waals surface area contributed by atoms with Gasteiger partial charge < -0.3 is 9.73 Å². The molecular weight excluding hydrogens is 623 g/mol. The summed E-state index contributed by atoms with van der Waals surface area (Å²) >= 11 is 0. The summed E-state index contributed by atoms with van der Waals surface area (Å²) in [4.78, 5) is 5.27. The van der Waals surface area contributed by atoms with Crippen molar-refractivity contribution in [1.29, 1.82) is 0 Å². The number of nitrogens with zero attached hydrogens (tertiary/aromatic N) is 1. The first-order valence-electron chi connectivity index (χ1n) is 17.4. The molecule has 0 spiro atoms. The van der Waals surface area contributed by atoms with Crippen LogP contribution in [-0.4, -0.2) is 5.84 Å². The Labute approximate surface area is 295 Å². The minimum Gasteiger partial charge on any atom is -0.456 e. The Morgan fingerprint density at radius 2 is 1.14 bits per heavy atom. The van der Waals surface area contributed by atoms with Crippen molar-refractivity contribution in [3.8, 4) is 22.3 Å². The maximum absolute atomic E-state index is 6.68. The van der Waals surface area contributed by atoms with Crippen LogP contribution in [0.25, 0.3) is 65.7 Å². The van der Waals surface area contributed by atoms with E-state index in [1.165, 1.54) is 27.3 Å². The van der Waals surface area contributed by atoms with Gasteiger partial charge >= 0.3 is 0 Å². The largest absolute Gasteiger partial charge is 0.456 e. The first kappa shape index (κ1) is 29.4. The van der Waals surface area contributed by atoms with Crippen LogP contribution in [0.3, 0.4) is 0 Å². The Morgan fingerprint density at radius 1 is 0.471 bits per heavy atom. The first-order valence-corrected chi connectivity index (χ1v) is 17.4. The van der Waals surface area contributed by atoms with Crippen molar-refractivity contribution >= 4 is 49.3 Å². The van der Waals surface area contributed by atoms with Gasteiger partial charge in [0.05, 0.1) is 0 Å².